The second-order valence-electron chi connectivity index (χ2n) is 7.30. The molecule has 0 aliphatic rings. The Labute approximate surface area is 173 Å². The summed E-state index contributed by atoms with van der Waals surface area (Å²) >= 11 is 0. The van der Waals surface area contributed by atoms with E-state index >= 15 is 0 Å². The summed E-state index contributed by atoms with van der Waals surface area (Å²) in [6, 6.07) is 19.1. The lowest BCUT2D eigenvalue weighted by molar-refractivity contribution is -0.519. The van der Waals surface area contributed by atoms with Crippen LogP contribution in [0.25, 0.3) is 5.65 Å². The van der Waals surface area contributed by atoms with Crippen LogP contribution in [-0.4, -0.2) is 4.57 Å². The molecule has 0 N–H and O–H groups in total. The molecule has 0 saturated carbocycles. The number of hydrogen-bond donors (Lipinski definition) is 0. The van der Waals surface area contributed by atoms with Crippen molar-refractivity contribution in [3.8, 4) is 5.75 Å². The number of ether oxygens (including phenoxy) is 1. The third-order valence-corrected chi connectivity index (χ3v) is 5.31. The molecule has 0 atom stereocenters. The molecule has 2 aromatic heterocycles. The lowest BCUT2D eigenvalue weighted by atomic mass is 10.1. The summed E-state index contributed by atoms with van der Waals surface area (Å²) < 4.78 is 49.5. The van der Waals surface area contributed by atoms with Crippen LogP contribution >= 0.6 is 0 Å². The van der Waals surface area contributed by atoms with Crippen LogP contribution in [0.1, 0.15) is 28.1 Å². The van der Waals surface area contributed by atoms with Gasteiger partial charge in [-0.25, -0.2) is 4.57 Å². The summed E-state index contributed by atoms with van der Waals surface area (Å²) in [5.74, 6) is 0.685. The molecule has 4 aromatic rings. The minimum absolute atomic E-state index is 0.318. The molecule has 30 heavy (non-hydrogen) atoms. The second-order valence-corrected chi connectivity index (χ2v) is 7.30. The van der Waals surface area contributed by atoms with Crippen LogP contribution in [0, 0.1) is 13.8 Å². The van der Waals surface area contributed by atoms with Gasteiger partial charge in [-0.3, -0.25) is 0 Å². The highest BCUT2D eigenvalue weighted by Crippen LogP contribution is 2.30. The minimum atomic E-state index is -4.36. The van der Waals surface area contributed by atoms with Crippen LogP contribution in [0.3, 0.4) is 0 Å². The Morgan fingerprint density at radius 3 is 2.37 bits per heavy atom. The molecule has 0 unspecified atom stereocenters. The summed E-state index contributed by atoms with van der Waals surface area (Å²) in [4.78, 5) is 0. The first-order valence-electron chi connectivity index (χ1n) is 9.67. The first kappa shape index (κ1) is 20.0. The van der Waals surface area contributed by atoms with Crippen molar-refractivity contribution in [1.29, 1.82) is 0 Å². The van der Waals surface area contributed by atoms with E-state index in [2.05, 4.69) is 0 Å². The normalized spacial score (nSPS) is 11.8. The van der Waals surface area contributed by atoms with Gasteiger partial charge in [0.25, 0.3) is 0 Å². The maximum absolute atomic E-state index is 13.1. The summed E-state index contributed by atoms with van der Waals surface area (Å²) in [7, 11) is 0. The molecule has 0 bridgehead atoms. The molecule has 0 aliphatic carbocycles. The van der Waals surface area contributed by atoms with Crippen molar-refractivity contribution in [1.82, 2.24) is 4.57 Å². The number of fused-ring (bicyclic) bond motifs is 1. The van der Waals surface area contributed by atoms with Gasteiger partial charge >= 0.3 is 11.8 Å². The highest BCUT2D eigenvalue weighted by atomic mass is 19.4. The zero-order chi connectivity index (χ0) is 21.3. The number of hydrogen-bond acceptors (Lipinski definition) is 1. The number of aryl methyl sites for hydroxylation is 1. The number of halogens is 3. The summed E-state index contributed by atoms with van der Waals surface area (Å²) in [5.41, 5.74) is 3.80. The average Bonchev–Trinajstić information content (AvgIpc) is 2.98. The van der Waals surface area contributed by atoms with Crippen LogP contribution in [-0.2, 0) is 19.3 Å². The van der Waals surface area contributed by atoms with E-state index in [0.717, 1.165) is 28.7 Å². The Morgan fingerprint density at radius 2 is 1.63 bits per heavy atom. The lowest BCUT2D eigenvalue weighted by Gasteiger charge is -2.09. The summed E-state index contributed by atoms with van der Waals surface area (Å²) in [6.07, 6.45) is -2.42. The van der Waals surface area contributed by atoms with Gasteiger partial charge in [-0.2, -0.15) is 17.6 Å². The molecule has 0 saturated heterocycles. The van der Waals surface area contributed by atoms with E-state index in [1.54, 1.807) is 6.07 Å². The van der Waals surface area contributed by atoms with Crippen molar-refractivity contribution in [2.45, 2.75) is 33.2 Å². The predicted octanol–water partition coefficient (Wildman–Crippen LogP) is 5.49. The van der Waals surface area contributed by atoms with E-state index in [9.17, 15) is 13.2 Å². The Bertz CT molecular complexity index is 1180. The fourth-order valence-electron chi connectivity index (χ4n) is 3.61. The molecule has 154 valence electrons. The number of imidazole rings is 1. The molecular formula is C24H22F3N2O+. The van der Waals surface area contributed by atoms with Crippen molar-refractivity contribution in [3.05, 3.63) is 101 Å². The van der Waals surface area contributed by atoms with Crippen molar-refractivity contribution >= 4 is 5.65 Å². The number of aromatic nitrogens is 2. The SMILES string of the molecule is Cc1c(C)[n+]2cccc(OCc3ccccc3)c2n1Cc1cccc(C(F)(F)F)c1. The van der Waals surface area contributed by atoms with Crippen LogP contribution in [0.5, 0.6) is 5.75 Å². The molecule has 6 heteroatoms. The molecule has 0 fully saturated rings. The predicted molar refractivity (Wildman–Crippen MR) is 108 cm³/mol. The Morgan fingerprint density at radius 1 is 0.900 bits per heavy atom. The van der Waals surface area contributed by atoms with Gasteiger partial charge in [-0.1, -0.05) is 42.5 Å². The van der Waals surface area contributed by atoms with Crippen LogP contribution in [0.2, 0.25) is 0 Å². The topological polar surface area (TPSA) is 18.3 Å². The van der Waals surface area contributed by atoms with E-state index in [1.807, 2.05) is 71.5 Å². The molecular weight excluding hydrogens is 389 g/mol. The lowest BCUT2D eigenvalue weighted by Crippen LogP contribution is -2.23. The Kier molecular flexibility index (Phi) is 5.24. The monoisotopic (exact) mass is 411 g/mol. The highest BCUT2D eigenvalue weighted by Gasteiger charge is 2.31. The van der Waals surface area contributed by atoms with Gasteiger partial charge in [-0.05, 0) is 35.4 Å². The first-order chi connectivity index (χ1) is 14.3. The van der Waals surface area contributed by atoms with Crippen LogP contribution in [0.4, 0.5) is 13.2 Å². The first-order valence-corrected chi connectivity index (χ1v) is 9.67. The Hall–Kier alpha value is -3.28. The molecule has 2 aromatic carbocycles. The van der Waals surface area contributed by atoms with Gasteiger partial charge in [-0.15, -0.1) is 0 Å². The van der Waals surface area contributed by atoms with Crippen molar-refractivity contribution in [2.75, 3.05) is 0 Å². The van der Waals surface area contributed by atoms with E-state index in [-0.39, 0.29) is 0 Å². The third kappa shape index (κ3) is 3.90. The quantitative estimate of drug-likeness (QED) is 0.397. The number of benzene rings is 2. The van der Waals surface area contributed by atoms with Crippen molar-refractivity contribution in [2.24, 2.45) is 0 Å². The third-order valence-electron chi connectivity index (χ3n) is 5.31. The van der Waals surface area contributed by atoms with Gasteiger partial charge in [0.2, 0.25) is 5.75 Å². The maximum atomic E-state index is 13.1. The van der Waals surface area contributed by atoms with E-state index in [1.165, 1.54) is 12.1 Å². The number of rotatable bonds is 5. The average molecular weight is 411 g/mol. The summed E-state index contributed by atoms with van der Waals surface area (Å²) in [6.45, 7) is 4.69. The van der Waals surface area contributed by atoms with E-state index in [0.29, 0.717) is 24.5 Å². The van der Waals surface area contributed by atoms with Crippen LogP contribution in [0.15, 0.2) is 72.9 Å². The van der Waals surface area contributed by atoms with Gasteiger partial charge < -0.3 is 4.74 Å². The highest BCUT2D eigenvalue weighted by molar-refractivity contribution is 5.51. The molecule has 2 heterocycles. The molecule has 0 amide bonds. The molecule has 4 rings (SSSR count). The number of nitrogens with zero attached hydrogens (tertiary/aromatic N) is 2. The number of pyridine rings is 1. The van der Waals surface area contributed by atoms with E-state index in [4.69, 9.17) is 4.74 Å². The maximum Gasteiger partial charge on any atom is 0.416 e. The molecule has 0 spiro atoms. The van der Waals surface area contributed by atoms with Gasteiger partial charge in [0, 0.05) is 13.8 Å². The Balaban J connectivity index is 1.73. The smallest absolute Gasteiger partial charge is 0.416 e. The second kappa shape index (κ2) is 7.86. The fraction of sp³-hybridized carbons (Fsp3) is 0.208. The van der Waals surface area contributed by atoms with Crippen molar-refractivity contribution in [3.63, 3.8) is 0 Å². The van der Waals surface area contributed by atoms with Crippen molar-refractivity contribution < 1.29 is 22.3 Å². The standard InChI is InChI=1S/C24H22F3N2O/c1-17-18(2)29(15-20-10-6-11-21(14-20)24(25,26)27)23-22(12-7-13-28(17)23)30-16-19-8-4-3-5-9-19/h3-14H,15-16H2,1-2H3/q+1. The molecule has 0 aliphatic heterocycles. The molecule has 0 radical (unpaired) electrons. The fourth-order valence-corrected chi connectivity index (χ4v) is 3.61. The van der Waals surface area contributed by atoms with Gasteiger partial charge in [0.15, 0.2) is 0 Å². The largest absolute Gasteiger partial charge is 0.481 e. The van der Waals surface area contributed by atoms with Gasteiger partial charge in [0.1, 0.15) is 24.5 Å². The zero-order valence-corrected chi connectivity index (χ0v) is 16.8. The van der Waals surface area contributed by atoms with Gasteiger partial charge in [0.05, 0.1) is 11.8 Å². The summed E-state index contributed by atoms with van der Waals surface area (Å²) in [5, 5.41) is 0. The minimum Gasteiger partial charge on any atom is -0.481 e. The number of alkyl halides is 3. The van der Waals surface area contributed by atoms with Crippen LogP contribution < -0.4 is 9.14 Å². The zero-order valence-electron chi connectivity index (χ0n) is 16.8. The molecule has 3 nitrogen and oxygen atoms in total. The van der Waals surface area contributed by atoms with E-state index < -0.39 is 11.7 Å².